The second-order valence-electron chi connectivity index (χ2n) is 10.5. The van der Waals surface area contributed by atoms with Crippen LogP contribution in [0, 0.1) is 6.92 Å². The first kappa shape index (κ1) is 26.3. The fourth-order valence-corrected chi connectivity index (χ4v) is 5.67. The number of benzene rings is 3. The van der Waals surface area contributed by atoms with Crippen molar-refractivity contribution in [1.82, 2.24) is 30.1 Å². The second-order valence-corrected chi connectivity index (χ2v) is 10.5. The van der Waals surface area contributed by atoms with Crippen LogP contribution in [0.2, 0.25) is 0 Å². The van der Waals surface area contributed by atoms with E-state index in [0.29, 0.717) is 28.2 Å². The lowest BCUT2D eigenvalue weighted by Gasteiger charge is -2.22. The van der Waals surface area contributed by atoms with E-state index in [1.807, 2.05) is 68.0 Å². The van der Waals surface area contributed by atoms with E-state index >= 15 is 0 Å². The minimum atomic E-state index is -0.221. The lowest BCUT2D eigenvalue weighted by Crippen LogP contribution is -2.22. The first-order valence-corrected chi connectivity index (χ1v) is 14.4. The Hall–Kier alpha value is -5.57. The van der Waals surface area contributed by atoms with Crippen molar-refractivity contribution < 1.29 is 4.79 Å². The third kappa shape index (κ3) is 4.64. The number of anilines is 2. The molecule has 43 heavy (non-hydrogen) atoms. The number of carbonyl (C=O) groups is 1. The SMILES string of the molecule is CCN(CC)c1ccc(NC(=O)c2cccc3[nH]c(-c4n[nH]c5ncc(-c6cncc7ccccc67)cc45)nc23)c(C)c1. The fraction of sp³-hybridized carbons (Fsp3) is 0.147. The number of para-hydroxylation sites is 1. The van der Waals surface area contributed by atoms with Crippen molar-refractivity contribution >= 4 is 50.1 Å². The molecule has 3 N–H and O–H groups in total. The van der Waals surface area contributed by atoms with Crippen LogP contribution in [0.4, 0.5) is 11.4 Å². The molecule has 0 aliphatic rings. The van der Waals surface area contributed by atoms with Gasteiger partial charge >= 0.3 is 0 Å². The van der Waals surface area contributed by atoms with E-state index in [0.717, 1.165) is 62.8 Å². The summed E-state index contributed by atoms with van der Waals surface area (Å²) in [6, 6.07) is 21.9. The maximum atomic E-state index is 13.5. The van der Waals surface area contributed by atoms with Crippen LogP contribution in [-0.4, -0.2) is 49.1 Å². The summed E-state index contributed by atoms with van der Waals surface area (Å²) < 4.78 is 0. The number of imidazole rings is 1. The van der Waals surface area contributed by atoms with Gasteiger partial charge in [0, 0.05) is 59.6 Å². The van der Waals surface area contributed by atoms with Crippen LogP contribution < -0.4 is 10.2 Å². The summed E-state index contributed by atoms with van der Waals surface area (Å²) in [5.74, 6) is 0.331. The maximum Gasteiger partial charge on any atom is 0.257 e. The van der Waals surface area contributed by atoms with Gasteiger partial charge in [-0.2, -0.15) is 5.10 Å². The third-order valence-electron chi connectivity index (χ3n) is 7.96. The molecule has 0 atom stereocenters. The van der Waals surface area contributed by atoms with E-state index in [2.05, 4.69) is 67.4 Å². The summed E-state index contributed by atoms with van der Waals surface area (Å²) in [6.07, 6.45) is 5.54. The number of carbonyl (C=O) groups excluding carboxylic acids is 1. The molecule has 4 heterocycles. The molecule has 0 spiro atoms. The van der Waals surface area contributed by atoms with Crippen LogP contribution in [0.1, 0.15) is 29.8 Å². The molecule has 0 bridgehead atoms. The molecule has 0 aliphatic heterocycles. The standard InChI is InChI=1S/C34H30N8O/c1-4-42(5-2)23-13-14-28(20(3)15-23)38-34(43)25-11-8-12-29-30(25)39-33(37-29)31-26-16-22(18-36-32(26)41-40-31)27-19-35-17-21-9-6-7-10-24(21)27/h6-19H,4-5H2,1-3H3,(H,37,39)(H,38,43)(H,36,40,41). The number of aromatic amines is 2. The molecule has 212 valence electrons. The molecule has 7 aromatic rings. The van der Waals surface area contributed by atoms with Crippen LogP contribution >= 0.6 is 0 Å². The van der Waals surface area contributed by atoms with Gasteiger partial charge in [-0.25, -0.2) is 9.97 Å². The van der Waals surface area contributed by atoms with E-state index in [4.69, 9.17) is 4.98 Å². The lowest BCUT2D eigenvalue weighted by atomic mass is 10.0. The van der Waals surface area contributed by atoms with Crippen LogP contribution in [0.15, 0.2) is 85.3 Å². The normalized spacial score (nSPS) is 11.4. The molecule has 0 aliphatic carbocycles. The van der Waals surface area contributed by atoms with Crippen LogP contribution in [0.25, 0.3) is 55.5 Å². The number of amides is 1. The van der Waals surface area contributed by atoms with Gasteiger partial charge in [0.25, 0.3) is 5.91 Å². The van der Waals surface area contributed by atoms with Crippen molar-refractivity contribution in [2.24, 2.45) is 0 Å². The van der Waals surface area contributed by atoms with E-state index in [1.165, 1.54) is 0 Å². The monoisotopic (exact) mass is 566 g/mol. The molecule has 1 amide bonds. The average Bonchev–Trinajstić information content (AvgIpc) is 3.66. The average molecular weight is 567 g/mol. The summed E-state index contributed by atoms with van der Waals surface area (Å²) in [4.78, 5) is 33.1. The number of rotatable bonds is 7. The Labute approximate surface area is 248 Å². The van der Waals surface area contributed by atoms with Crippen molar-refractivity contribution in [1.29, 1.82) is 0 Å². The van der Waals surface area contributed by atoms with Gasteiger partial charge in [-0.15, -0.1) is 0 Å². The molecule has 0 fully saturated rings. The van der Waals surface area contributed by atoms with Gasteiger partial charge in [-0.1, -0.05) is 30.3 Å². The summed E-state index contributed by atoms with van der Waals surface area (Å²) in [6.45, 7) is 8.13. The highest BCUT2D eigenvalue weighted by Gasteiger charge is 2.19. The Morgan fingerprint density at radius 3 is 2.63 bits per heavy atom. The summed E-state index contributed by atoms with van der Waals surface area (Å²) in [7, 11) is 0. The highest BCUT2D eigenvalue weighted by atomic mass is 16.1. The van der Waals surface area contributed by atoms with Gasteiger partial charge in [0.2, 0.25) is 0 Å². The van der Waals surface area contributed by atoms with Gasteiger partial charge < -0.3 is 15.2 Å². The van der Waals surface area contributed by atoms with Crippen molar-refractivity contribution in [2.75, 3.05) is 23.3 Å². The zero-order valence-corrected chi connectivity index (χ0v) is 24.1. The lowest BCUT2D eigenvalue weighted by molar-refractivity contribution is 0.102. The number of H-pyrrole nitrogens is 2. The molecule has 0 unspecified atom stereocenters. The molecule has 9 nitrogen and oxygen atoms in total. The molecule has 4 aromatic heterocycles. The van der Waals surface area contributed by atoms with Crippen molar-refractivity contribution in [3.8, 4) is 22.6 Å². The van der Waals surface area contributed by atoms with E-state index in [9.17, 15) is 4.79 Å². The van der Waals surface area contributed by atoms with Crippen molar-refractivity contribution in [3.63, 3.8) is 0 Å². The first-order chi connectivity index (χ1) is 21.0. The van der Waals surface area contributed by atoms with Crippen LogP contribution in [-0.2, 0) is 0 Å². The molecular formula is C34H30N8O. The van der Waals surface area contributed by atoms with E-state index < -0.39 is 0 Å². The molecule has 9 heteroatoms. The Balaban J connectivity index is 1.24. The van der Waals surface area contributed by atoms with E-state index in [-0.39, 0.29) is 5.91 Å². The quantitative estimate of drug-likeness (QED) is 0.189. The Morgan fingerprint density at radius 2 is 1.79 bits per heavy atom. The van der Waals surface area contributed by atoms with Crippen LogP contribution in [0.5, 0.6) is 0 Å². The molecular weight excluding hydrogens is 536 g/mol. The highest BCUT2D eigenvalue weighted by molar-refractivity contribution is 6.12. The minimum absolute atomic E-state index is 0.221. The number of pyridine rings is 2. The van der Waals surface area contributed by atoms with Gasteiger partial charge in [-0.05, 0) is 68.1 Å². The molecule has 0 saturated heterocycles. The van der Waals surface area contributed by atoms with Gasteiger partial charge in [0.05, 0.1) is 16.5 Å². The Kier molecular flexibility index (Phi) is 6.54. The van der Waals surface area contributed by atoms with Crippen molar-refractivity contribution in [2.45, 2.75) is 20.8 Å². The van der Waals surface area contributed by atoms with Gasteiger partial charge in [-0.3, -0.25) is 14.9 Å². The maximum absolute atomic E-state index is 13.5. The number of fused-ring (bicyclic) bond motifs is 3. The first-order valence-electron chi connectivity index (χ1n) is 14.4. The summed E-state index contributed by atoms with van der Waals surface area (Å²) in [5.41, 5.74) is 7.90. The smallest absolute Gasteiger partial charge is 0.257 e. The molecule has 0 radical (unpaired) electrons. The number of hydrogen-bond acceptors (Lipinski definition) is 6. The highest BCUT2D eigenvalue weighted by Crippen LogP contribution is 2.33. The number of nitrogens with one attached hydrogen (secondary N) is 3. The van der Waals surface area contributed by atoms with Crippen molar-refractivity contribution in [3.05, 3.63) is 96.4 Å². The van der Waals surface area contributed by atoms with E-state index in [1.54, 1.807) is 6.07 Å². The largest absolute Gasteiger partial charge is 0.372 e. The second kappa shape index (κ2) is 10.7. The number of hydrogen-bond donors (Lipinski definition) is 3. The molecule has 7 rings (SSSR count). The number of aryl methyl sites for hydroxylation is 1. The number of aromatic nitrogens is 6. The zero-order valence-electron chi connectivity index (χ0n) is 24.1. The molecule has 3 aromatic carbocycles. The topological polar surface area (TPSA) is 115 Å². The molecule has 0 saturated carbocycles. The third-order valence-corrected chi connectivity index (χ3v) is 7.96. The predicted molar refractivity (Wildman–Crippen MR) is 172 cm³/mol. The summed E-state index contributed by atoms with van der Waals surface area (Å²) in [5, 5.41) is 13.6. The zero-order chi connectivity index (χ0) is 29.5. The van der Waals surface area contributed by atoms with Crippen LogP contribution in [0.3, 0.4) is 0 Å². The van der Waals surface area contributed by atoms with Gasteiger partial charge in [0.15, 0.2) is 11.5 Å². The minimum Gasteiger partial charge on any atom is -0.372 e. The van der Waals surface area contributed by atoms with Gasteiger partial charge in [0.1, 0.15) is 11.2 Å². The fourth-order valence-electron chi connectivity index (χ4n) is 5.67. The Bertz CT molecular complexity index is 2130. The predicted octanol–water partition coefficient (Wildman–Crippen LogP) is 7.12. The number of nitrogens with zero attached hydrogens (tertiary/aromatic N) is 5. The summed E-state index contributed by atoms with van der Waals surface area (Å²) >= 11 is 0. The Morgan fingerprint density at radius 1 is 0.930 bits per heavy atom.